The van der Waals surface area contributed by atoms with E-state index in [1.807, 2.05) is 36.4 Å². The summed E-state index contributed by atoms with van der Waals surface area (Å²) in [6.45, 7) is 2.01. The summed E-state index contributed by atoms with van der Waals surface area (Å²) in [5.41, 5.74) is 0. The topological polar surface area (TPSA) is 44.8 Å². The van der Waals surface area contributed by atoms with E-state index in [-0.39, 0.29) is 6.61 Å². The van der Waals surface area contributed by atoms with E-state index < -0.39 is 12.3 Å². The number of hydrogen-bond acceptors (Lipinski definition) is 4. The smallest absolute Gasteiger partial charge is 0.389 e. The van der Waals surface area contributed by atoms with E-state index in [0.717, 1.165) is 0 Å². The van der Waals surface area contributed by atoms with Crippen molar-refractivity contribution < 1.29 is 19.0 Å². The number of benzene rings is 2. The molecule has 0 radical (unpaired) electrons. The maximum absolute atomic E-state index is 11.9. The first kappa shape index (κ1) is 13.9. The van der Waals surface area contributed by atoms with E-state index >= 15 is 0 Å². The van der Waals surface area contributed by atoms with Crippen molar-refractivity contribution in [3.63, 3.8) is 0 Å². The van der Waals surface area contributed by atoms with Gasteiger partial charge in [-0.2, -0.15) is 0 Å². The van der Waals surface area contributed by atoms with Crippen LogP contribution in [0.25, 0.3) is 0 Å². The zero-order chi connectivity index (χ0) is 14.2. The summed E-state index contributed by atoms with van der Waals surface area (Å²) in [6.07, 6.45) is -1.13. The summed E-state index contributed by atoms with van der Waals surface area (Å²) in [7, 11) is 0. The first-order valence-corrected chi connectivity index (χ1v) is 6.39. The summed E-state index contributed by atoms with van der Waals surface area (Å²) in [5.74, 6) is 0.531. The average Bonchev–Trinajstić information content (AvgIpc) is 2.49. The van der Waals surface area contributed by atoms with Gasteiger partial charge in [0.1, 0.15) is 11.5 Å². The fourth-order valence-electron chi connectivity index (χ4n) is 1.58. The summed E-state index contributed by atoms with van der Waals surface area (Å²) in [5, 5.41) is 0. The predicted octanol–water partition coefficient (Wildman–Crippen LogP) is 3.03. The maximum atomic E-state index is 11.9. The molecule has 0 spiro atoms. The van der Waals surface area contributed by atoms with Crippen LogP contribution in [0.5, 0.6) is 11.5 Å². The Morgan fingerprint density at radius 1 is 0.900 bits per heavy atom. The van der Waals surface area contributed by atoms with Crippen LogP contribution in [-0.4, -0.2) is 18.9 Å². The molecule has 2 aromatic rings. The molecule has 0 fully saturated rings. The lowest BCUT2D eigenvalue weighted by Gasteiger charge is -2.18. The molecule has 0 aliphatic rings. The molecule has 104 valence electrons. The van der Waals surface area contributed by atoms with E-state index in [1.54, 1.807) is 31.2 Å². The molecule has 20 heavy (non-hydrogen) atoms. The zero-order valence-electron chi connectivity index (χ0n) is 11.2. The van der Waals surface area contributed by atoms with Gasteiger partial charge in [-0.3, -0.25) is 0 Å². The highest BCUT2D eigenvalue weighted by atomic mass is 16.7. The molecule has 0 bridgehead atoms. The third-order valence-electron chi connectivity index (χ3n) is 2.45. The fourth-order valence-corrected chi connectivity index (χ4v) is 1.58. The Morgan fingerprint density at radius 3 is 1.75 bits per heavy atom. The van der Waals surface area contributed by atoms with Crippen molar-refractivity contribution in [1.82, 2.24) is 0 Å². The Labute approximate surface area is 117 Å². The molecular formula is C16H16O4. The van der Waals surface area contributed by atoms with E-state index in [4.69, 9.17) is 14.2 Å². The van der Waals surface area contributed by atoms with Crippen LogP contribution in [0, 0.1) is 0 Å². The quantitative estimate of drug-likeness (QED) is 0.599. The number of carbonyl (C=O) groups excluding carboxylic acids is 1. The van der Waals surface area contributed by atoms with Gasteiger partial charge in [0.15, 0.2) is 0 Å². The summed E-state index contributed by atoms with van der Waals surface area (Å²) in [6, 6.07) is 18.0. The predicted molar refractivity (Wildman–Crippen MR) is 74.6 cm³/mol. The number of carbonyl (C=O) groups is 1. The highest BCUT2D eigenvalue weighted by Crippen LogP contribution is 2.16. The second kappa shape index (κ2) is 7.19. The van der Waals surface area contributed by atoms with Gasteiger partial charge in [0.2, 0.25) is 0 Å². The SMILES string of the molecule is CCOC(=O)C(Oc1ccccc1)Oc1ccccc1. The molecule has 0 aliphatic carbocycles. The van der Waals surface area contributed by atoms with Crippen molar-refractivity contribution in [2.75, 3.05) is 6.61 Å². The molecule has 0 aromatic heterocycles. The molecule has 0 saturated carbocycles. The number of esters is 1. The Bertz CT molecular complexity index is 483. The number of hydrogen-bond donors (Lipinski definition) is 0. The Kier molecular flexibility index (Phi) is 5.00. The van der Waals surface area contributed by atoms with Crippen molar-refractivity contribution in [3.05, 3.63) is 60.7 Å². The van der Waals surface area contributed by atoms with Gasteiger partial charge in [0, 0.05) is 0 Å². The van der Waals surface area contributed by atoms with E-state index in [0.29, 0.717) is 11.5 Å². The van der Waals surface area contributed by atoms with E-state index in [9.17, 15) is 4.79 Å². The van der Waals surface area contributed by atoms with Crippen molar-refractivity contribution in [2.24, 2.45) is 0 Å². The Hall–Kier alpha value is -2.49. The molecule has 0 aliphatic heterocycles. The van der Waals surface area contributed by atoms with Gasteiger partial charge in [0.25, 0.3) is 0 Å². The minimum atomic E-state index is -1.13. The molecule has 4 nitrogen and oxygen atoms in total. The van der Waals surface area contributed by atoms with Gasteiger partial charge in [-0.25, -0.2) is 4.79 Å². The lowest BCUT2D eigenvalue weighted by atomic mass is 10.3. The Morgan fingerprint density at radius 2 is 1.35 bits per heavy atom. The van der Waals surface area contributed by atoms with Gasteiger partial charge in [0.05, 0.1) is 6.61 Å². The highest BCUT2D eigenvalue weighted by Gasteiger charge is 2.24. The Balaban J connectivity index is 2.10. The zero-order valence-corrected chi connectivity index (χ0v) is 11.2. The summed E-state index contributed by atoms with van der Waals surface area (Å²) in [4.78, 5) is 11.9. The van der Waals surface area contributed by atoms with E-state index in [1.165, 1.54) is 0 Å². The standard InChI is InChI=1S/C16H16O4/c1-2-18-15(17)16(19-13-9-5-3-6-10-13)20-14-11-7-4-8-12-14/h3-12,16H,2H2,1H3. The van der Waals surface area contributed by atoms with Crippen molar-refractivity contribution in [3.8, 4) is 11.5 Å². The molecule has 0 atom stereocenters. The lowest BCUT2D eigenvalue weighted by Crippen LogP contribution is -2.35. The molecule has 0 N–H and O–H groups in total. The molecule has 2 rings (SSSR count). The van der Waals surface area contributed by atoms with Crippen LogP contribution < -0.4 is 9.47 Å². The minimum Gasteiger partial charge on any atom is -0.460 e. The molecule has 4 heteroatoms. The fraction of sp³-hybridized carbons (Fsp3) is 0.188. The van der Waals surface area contributed by atoms with Crippen molar-refractivity contribution in [1.29, 1.82) is 0 Å². The van der Waals surface area contributed by atoms with Crippen molar-refractivity contribution >= 4 is 5.97 Å². The third kappa shape index (κ3) is 4.02. The summed E-state index contributed by atoms with van der Waals surface area (Å²) < 4.78 is 16.0. The summed E-state index contributed by atoms with van der Waals surface area (Å²) >= 11 is 0. The van der Waals surface area contributed by atoms with Crippen LogP contribution in [0.1, 0.15) is 6.92 Å². The first-order chi connectivity index (χ1) is 9.79. The monoisotopic (exact) mass is 272 g/mol. The second-order valence-corrected chi connectivity index (χ2v) is 3.95. The van der Waals surface area contributed by atoms with E-state index in [2.05, 4.69) is 0 Å². The number of rotatable bonds is 6. The molecular weight excluding hydrogens is 256 g/mol. The van der Waals surface area contributed by atoms with Crippen LogP contribution in [0.15, 0.2) is 60.7 Å². The van der Waals surface area contributed by atoms with Crippen LogP contribution in [-0.2, 0) is 9.53 Å². The van der Waals surface area contributed by atoms with Gasteiger partial charge in [-0.05, 0) is 31.2 Å². The molecule has 2 aromatic carbocycles. The largest absolute Gasteiger partial charge is 0.460 e. The molecule has 0 unspecified atom stereocenters. The molecule has 0 heterocycles. The lowest BCUT2D eigenvalue weighted by molar-refractivity contribution is -0.165. The number of ether oxygens (including phenoxy) is 3. The van der Waals surface area contributed by atoms with Gasteiger partial charge >= 0.3 is 12.3 Å². The molecule has 0 amide bonds. The minimum absolute atomic E-state index is 0.269. The maximum Gasteiger partial charge on any atom is 0.389 e. The van der Waals surface area contributed by atoms with Gasteiger partial charge in [-0.15, -0.1) is 0 Å². The highest BCUT2D eigenvalue weighted by molar-refractivity contribution is 5.74. The second-order valence-electron chi connectivity index (χ2n) is 3.95. The van der Waals surface area contributed by atoms with Crippen LogP contribution in [0.2, 0.25) is 0 Å². The van der Waals surface area contributed by atoms with Gasteiger partial charge < -0.3 is 14.2 Å². The molecule has 0 saturated heterocycles. The first-order valence-electron chi connectivity index (χ1n) is 6.39. The number of para-hydroxylation sites is 2. The normalized spacial score (nSPS) is 10.1. The average molecular weight is 272 g/mol. The third-order valence-corrected chi connectivity index (χ3v) is 2.45. The van der Waals surface area contributed by atoms with Crippen LogP contribution in [0.4, 0.5) is 0 Å². The van der Waals surface area contributed by atoms with Gasteiger partial charge in [-0.1, -0.05) is 36.4 Å². The van der Waals surface area contributed by atoms with Crippen LogP contribution >= 0.6 is 0 Å². The van der Waals surface area contributed by atoms with Crippen molar-refractivity contribution in [2.45, 2.75) is 13.2 Å². The van der Waals surface area contributed by atoms with Crippen LogP contribution in [0.3, 0.4) is 0 Å².